The molecule has 0 radical (unpaired) electrons. The van der Waals surface area contributed by atoms with Crippen molar-refractivity contribution in [3.63, 3.8) is 0 Å². The fourth-order valence-electron chi connectivity index (χ4n) is 3.29. The van der Waals surface area contributed by atoms with Crippen molar-refractivity contribution in [2.24, 2.45) is 11.7 Å². The van der Waals surface area contributed by atoms with Crippen molar-refractivity contribution in [2.45, 2.75) is 38.1 Å². The van der Waals surface area contributed by atoms with Crippen LogP contribution in [0, 0.1) is 5.92 Å². The summed E-state index contributed by atoms with van der Waals surface area (Å²) in [6.07, 6.45) is 9.16. The number of benzene rings is 1. The molecule has 1 aromatic carbocycles. The lowest BCUT2D eigenvalue weighted by molar-refractivity contribution is 0.0915. The lowest BCUT2D eigenvalue weighted by atomic mass is 9.84. The van der Waals surface area contributed by atoms with Crippen LogP contribution < -0.4 is 11.1 Å². The Hall–Kier alpha value is -2.21. The molecule has 3 rings (SSSR count). The topological polar surface area (TPSA) is 85.8 Å². The largest absolute Gasteiger partial charge is 0.348 e. The van der Waals surface area contributed by atoms with Gasteiger partial charge in [0.25, 0.3) is 5.91 Å². The zero-order valence-electron chi connectivity index (χ0n) is 13.2. The molecule has 0 bridgehead atoms. The molecule has 1 saturated carbocycles. The summed E-state index contributed by atoms with van der Waals surface area (Å²) in [4.78, 5) is 16.5. The molecule has 0 saturated heterocycles. The second-order valence-electron chi connectivity index (χ2n) is 6.10. The Balaban J connectivity index is 1.71. The number of carbonyl (C=O) groups is 1. The van der Waals surface area contributed by atoms with Gasteiger partial charge in [-0.15, -0.1) is 0 Å². The Morgan fingerprint density at radius 3 is 2.87 bits per heavy atom. The first-order valence-corrected chi connectivity index (χ1v) is 8.24. The quantitative estimate of drug-likeness (QED) is 0.883. The normalized spacial score (nSPS) is 16.9. The van der Waals surface area contributed by atoms with Gasteiger partial charge < -0.3 is 11.1 Å². The zero-order chi connectivity index (χ0) is 16.1. The minimum atomic E-state index is -0.0759. The number of nitrogens with two attached hydrogens (primary N) is 1. The van der Waals surface area contributed by atoms with Gasteiger partial charge in [-0.25, -0.2) is 9.67 Å². The number of nitrogens with zero attached hydrogens (tertiary/aromatic N) is 3. The van der Waals surface area contributed by atoms with Gasteiger partial charge in [0, 0.05) is 18.2 Å². The standard InChI is InChI=1S/C17H23N5O/c18-10-16(13-5-2-1-3-6-13)21-17(23)14-7-4-8-15(9-14)22-12-19-11-20-22/h4,7-9,11-13,16H,1-3,5-6,10,18H2,(H,21,23). The zero-order valence-corrected chi connectivity index (χ0v) is 13.2. The predicted octanol–water partition coefficient (Wildman–Crippen LogP) is 1.90. The number of rotatable bonds is 5. The predicted molar refractivity (Wildman–Crippen MR) is 88.2 cm³/mol. The number of aromatic nitrogens is 3. The summed E-state index contributed by atoms with van der Waals surface area (Å²) in [6.45, 7) is 0.485. The first kappa shape index (κ1) is 15.7. The molecular weight excluding hydrogens is 290 g/mol. The van der Waals surface area contributed by atoms with E-state index in [9.17, 15) is 4.79 Å². The molecule has 1 aromatic heterocycles. The minimum absolute atomic E-state index is 0.0535. The summed E-state index contributed by atoms with van der Waals surface area (Å²) in [6, 6.07) is 7.43. The van der Waals surface area contributed by atoms with E-state index in [4.69, 9.17) is 5.73 Å². The van der Waals surface area contributed by atoms with Gasteiger partial charge in [0.15, 0.2) is 0 Å². The van der Waals surface area contributed by atoms with E-state index < -0.39 is 0 Å². The number of amides is 1. The van der Waals surface area contributed by atoms with Crippen LogP contribution >= 0.6 is 0 Å². The lowest BCUT2D eigenvalue weighted by Gasteiger charge is -2.30. The molecule has 1 amide bonds. The van der Waals surface area contributed by atoms with Gasteiger partial charge in [-0.05, 0) is 37.0 Å². The third-order valence-corrected chi connectivity index (χ3v) is 4.58. The van der Waals surface area contributed by atoms with E-state index in [1.165, 1.54) is 25.6 Å². The summed E-state index contributed by atoms with van der Waals surface area (Å²) in [5.41, 5.74) is 7.33. The van der Waals surface area contributed by atoms with Crippen molar-refractivity contribution in [1.29, 1.82) is 0 Å². The number of hydrogen-bond donors (Lipinski definition) is 2. The number of hydrogen-bond acceptors (Lipinski definition) is 4. The summed E-state index contributed by atoms with van der Waals surface area (Å²) < 4.78 is 1.64. The van der Waals surface area contributed by atoms with Crippen LogP contribution in [0.2, 0.25) is 0 Å². The third-order valence-electron chi connectivity index (χ3n) is 4.58. The smallest absolute Gasteiger partial charge is 0.251 e. The van der Waals surface area contributed by atoms with E-state index >= 15 is 0 Å². The van der Waals surface area contributed by atoms with Crippen molar-refractivity contribution in [3.05, 3.63) is 42.5 Å². The SMILES string of the molecule is NCC(NC(=O)c1cccc(-n2cncn2)c1)C1CCCCC1. The summed E-state index contributed by atoms with van der Waals surface area (Å²) >= 11 is 0. The van der Waals surface area contributed by atoms with Crippen molar-refractivity contribution >= 4 is 5.91 Å². The molecule has 6 nitrogen and oxygen atoms in total. The second kappa shape index (κ2) is 7.37. The van der Waals surface area contributed by atoms with Crippen molar-refractivity contribution in [1.82, 2.24) is 20.1 Å². The molecule has 1 fully saturated rings. The van der Waals surface area contributed by atoms with Crippen LogP contribution in [0.5, 0.6) is 0 Å². The molecule has 1 unspecified atom stereocenters. The van der Waals surface area contributed by atoms with Crippen LogP contribution in [0.15, 0.2) is 36.9 Å². The molecule has 3 N–H and O–H groups in total. The monoisotopic (exact) mass is 313 g/mol. The first-order valence-electron chi connectivity index (χ1n) is 8.24. The number of carbonyl (C=O) groups excluding carboxylic acids is 1. The summed E-state index contributed by atoms with van der Waals surface area (Å²) in [5.74, 6) is 0.421. The highest BCUT2D eigenvalue weighted by molar-refractivity contribution is 5.94. The van der Waals surface area contributed by atoms with Gasteiger partial charge in [0.05, 0.1) is 5.69 Å². The molecule has 2 aromatic rings. The minimum Gasteiger partial charge on any atom is -0.348 e. The van der Waals surface area contributed by atoms with Crippen LogP contribution in [-0.4, -0.2) is 33.3 Å². The molecule has 1 atom stereocenters. The van der Waals surface area contributed by atoms with Gasteiger partial charge in [-0.3, -0.25) is 4.79 Å². The van der Waals surface area contributed by atoms with Crippen LogP contribution in [0.4, 0.5) is 0 Å². The van der Waals surface area contributed by atoms with Gasteiger partial charge in [0.2, 0.25) is 0 Å². The van der Waals surface area contributed by atoms with Crippen molar-refractivity contribution in [3.8, 4) is 5.69 Å². The summed E-state index contributed by atoms with van der Waals surface area (Å²) in [7, 11) is 0. The van der Waals surface area contributed by atoms with E-state index in [0.717, 1.165) is 18.5 Å². The van der Waals surface area contributed by atoms with E-state index in [1.54, 1.807) is 11.0 Å². The van der Waals surface area contributed by atoms with Crippen LogP contribution in [-0.2, 0) is 0 Å². The first-order chi connectivity index (χ1) is 11.3. The maximum absolute atomic E-state index is 12.6. The molecule has 0 spiro atoms. The Bertz CT molecular complexity index is 634. The lowest BCUT2D eigenvalue weighted by Crippen LogP contribution is -2.45. The van der Waals surface area contributed by atoms with Crippen LogP contribution in [0.25, 0.3) is 5.69 Å². The average molecular weight is 313 g/mol. The van der Waals surface area contributed by atoms with Crippen molar-refractivity contribution in [2.75, 3.05) is 6.54 Å². The highest BCUT2D eigenvalue weighted by Gasteiger charge is 2.24. The Morgan fingerprint density at radius 1 is 1.35 bits per heavy atom. The van der Waals surface area contributed by atoms with Gasteiger partial charge >= 0.3 is 0 Å². The molecular formula is C17H23N5O. The molecule has 122 valence electrons. The van der Waals surface area contributed by atoms with Gasteiger partial charge in [0.1, 0.15) is 12.7 Å². The molecule has 23 heavy (non-hydrogen) atoms. The average Bonchev–Trinajstić information content (AvgIpc) is 3.15. The molecule has 6 heteroatoms. The fraction of sp³-hybridized carbons (Fsp3) is 0.471. The third kappa shape index (κ3) is 3.76. The van der Waals surface area contributed by atoms with E-state index in [-0.39, 0.29) is 11.9 Å². The molecule has 0 aliphatic heterocycles. The van der Waals surface area contributed by atoms with Gasteiger partial charge in [-0.1, -0.05) is 25.3 Å². The highest BCUT2D eigenvalue weighted by atomic mass is 16.1. The Morgan fingerprint density at radius 2 is 2.17 bits per heavy atom. The van der Waals surface area contributed by atoms with E-state index in [1.807, 2.05) is 24.3 Å². The molecule has 1 heterocycles. The fourth-order valence-corrected chi connectivity index (χ4v) is 3.29. The van der Waals surface area contributed by atoms with Crippen LogP contribution in [0.1, 0.15) is 42.5 Å². The maximum Gasteiger partial charge on any atom is 0.251 e. The Kier molecular flexibility index (Phi) is 5.02. The van der Waals surface area contributed by atoms with E-state index in [0.29, 0.717) is 18.0 Å². The Labute approximate surface area is 136 Å². The van der Waals surface area contributed by atoms with Crippen LogP contribution in [0.3, 0.4) is 0 Å². The second-order valence-corrected chi connectivity index (χ2v) is 6.10. The highest BCUT2D eigenvalue weighted by Crippen LogP contribution is 2.26. The number of nitrogens with one attached hydrogen (secondary N) is 1. The molecule has 1 aliphatic carbocycles. The van der Waals surface area contributed by atoms with Crippen molar-refractivity contribution < 1.29 is 4.79 Å². The van der Waals surface area contributed by atoms with E-state index in [2.05, 4.69) is 15.4 Å². The molecule has 1 aliphatic rings. The maximum atomic E-state index is 12.6. The summed E-state index contributed by atoms with van der Waals surface area (Å²) in [5, 5.41) is 7.21. The van der Waals surface area contributed by atoms with Gasteiger partial charge in [-0.2, -0.15) is 5.10 Å².